The zero-order valence-electron chi connectivity index (χ0n) is 10.4. The van der Waals surface area contributed by atoms with Crippen molar-refractivity contribution < 1.29 is 24.0 Å². The summed E-state index contributed by atoms with van der Waals surface area (Å²) in [5, 5.41) is 17.5. The normalized spacial score (nSPS) is 18.5. The van der Waals surface area contributed by atoms with Gasteiger partial charge in [-0.25, -0.2) is 9.59 Å². The maximum atomic E-state index is 11.9. The molecule has 1 atom stereocenters. The summed E-state index contributed by atoms with van der Waals surface area (Å²) < 4.78 is 4.54. The van der Waals surface area contributed by atoms with Gasteiger partial charge in [-0.2, -0.15) is 4.98 Å². The Morgan fingerprint density at radius 3 is 3.05 bits per heavy atom. The topological polar surface area (TPSA) is 138 Å². The molecular formula is C10H13N5O5. The van der Waals surface area contributed by atoms with Gasteiger partial charge in [0, 0.05) is 19.5 Å². The minimum absolute atomic E-state index is 0.105. The molecule has 20 heavy (non-hydrogen) atoms. The largest absolute Gasteiger partial charge is 0.480 e. The second-order valence-corrected chi connectivity index (χ2v) is 4.12. The SMILES string of the molecule is O=C1CN(C(=O)NCCc2ncon2)C(C(=O)O)CN1. The van der Waals surface area contributed by atoms with Crippen LogP contribution in [-0.2, 0) is 16.0 Å². The van der Waals surface area contributed by atoms with Gasteiger partial charge in [0.15, 0.2) is 5.82 Å². The number of amides is 3. The molecule has 1 aliphatic rings. The van der Waals surface area contributed by atoms with Gasteiger partial charge in [0.1, 0.15) is 12.6 Å². The number of carboxylic acids is 1. The van der Waals surface area contributed by atoms with Crippen LogP contribution in [-0.4, -0.2) is 63.7 Å². The summed E-state index contributed by atoms with van der Waals surface area (Å²) in [4.78, 5) is 38.9. The van der Waals surface area contributed by atoms with Gasteiger partial charge in [-0.15, -0.1) is 0 Å². The third-order valence-corrected chi connectivity index (χ3v) is 2.76. The van der Waals surface area contributed by atoms with Gasteiger partial charge in [0.25, 0.3) is 0 Å². The number of nitrogens with one attached hydrogen (secondary N) is 2. The quantitative estimate of drug-likeness (QED) is 0.593. The molecule has 10 heteroatoms. The molecule has 0 saturated carbocycles. The van der Waals surface area contributed by atoms with E-state index < -0.39 is 23.9 Å². The van der Waals surface area contributed by atoms with Crippen molar-refractivity contribution in [2.75, 3.05) is 19.6 Å². The van der Waals surface area contributed by atoms with Crippen molar-refractivity contribution in [3.63, 3.8) is 0 Å². The lowest BCUT2D eigenvalue weighted by Gasteiger charge is -2.32. The summed E-state index contributed by atoms with van der Waals surface area (Å²) in [5.41, 5.74) is 0. The van der Waals surface area contributed by atoms with Gasteiger partial charge < -0.3 is 20.3 Å². The first-order valence-electron chi connectivity index (χ1n) is 5.87. The molecular weight excluding hydrogens is 270 g/mol. The van der Waals surface area contributed by atoms with Crippen LogP contribution in [0.3, 0.4) is 0 Å². The van der Waals surface area contributed by atoms with Crippen LogP contribution in [0.4, 0.5) is 4.79 Å². The maximum absolute atomic E-state index is 11.9. The van der Waals surface area contributed by atoms with Crippen molar-refractivity contribution in [2.24, 2.45) is 0 Å². The summed E-state index contributed by atoms with van der Waals surface area (Å²) >= 11 is 0. The highest BCUT2D eigenvalue weighted by molar-refractivity contribution is 5.90. The first-order chi connectivity index (χ1) is 9.58. The van der Waals surface area contributed by atoms with E-state index in [-0.39, 0.29) is 19.6 Å². The second-order valence-electron chi connectivity index (χ2n) is 4.12. The Morgan fingerprint density at radius 2 is 2.40 bits per heavy atom. The molecule has 2 rings (SSSR count). The van der Waals surface area contributed by atoms with E-state index in [1.54, 1.807) is 0 Å². The summed E-state index contributed by atoms with van der Waals surface area (Å²) in [5.74, 6) is -1.13. The van der Waals surface area contributed by atoms with Crippen LogP contribution < -0.4 is 10.6 Å². The highest BCUT2D eigenvalue weighted by Crippen LogP contribution is 2.04. The lowest BCUT2D eigenvalue weighted by molar-refractivity contribution is -0.144. The average molecular weight is 283 g/mol. The minimum Gasteiger partial charge on any atom is -0.480 e. The number of carbonyl (C=O) groups excluding carboxylic acids is 2. The van der Waals surface area contributed by atoms with Crippen LogP contribution >= 0.6 is 0 Å². The highest BCUT2D eigenvalue weighted by atomic mass is 16.5. The van der Waals surface area contributed by atoms with E-state index >= 15 is 0 Å². The van der Waals surface area contributed by atoms with Crippen LogP contribution in [0.5, 0.6) is 0 Å². The Kier molecular flexibility index (Phi) is 4.13. The number of rotatable bonds is 4. The van der Waals surface area contributed by atoms with Crippen molar-refractivity contribution in [1.29, 1.82) is 0 Å². The van der Waals surface area contributed by atoms with Crippen LogP contribution in [0, 0.1) is 0 Å². The van der Waals surface area contributed by atoms with Gasteiger partial charge in [0.2, 0.25) is 12.3 Å². The fourth-order valence-electron chi connectivity index (χ4n) is 1.76. The molecule has 0 aliphatic carbocycles. The van der Waals surface area contributed by atoms with E-state index in [0.29, 0.717) is 12.2 Å². The zero-order valence-corrected chi connectivity index (χ0v) is 10.4. The Morgan fingerprint density at radius 1 is 1.60 bits per heavy atom. The Balaban J connectivity index is 1.88. The van der Waals surface area contributed by atoms with E-state index in [1.165, 1.54) is 6.39 Å². The van der Waals surface area contributed by atoms with Crippen molar-refractivity contribution in [3.8, 4) is 0 Å². The summed E-state index contributed by atoms with van der Waals surface area (Å²) in [6.45, 7) is -0.180. The van der Waals surface area contributed by atoms with E-state index in [2.05, 4.69) is 25.3 Å². The molecule has 0 spiro atoms. The standard InChI is InChI=1S/C10H13N5O5/c16-8-4-15(6(3-12-8)9(17)18)10(19)11-2-1-7-13-5-20-14-7/h5-6H,1-4H2,(H,11,19)(H,12,16)(H,17,18). The summed E-state index contributed by atoms with van der Waals surface area (Å²) in [6, 6.07) is -1.69. The van der Waals surface area contributed by atoms with E-state index in [9.17, 15) is 14.4 Å². The van der Waals surface area contributed by atoms with Crippen molar-refractivity contribution >= 4 is 17.9 Å². The Labute approximate surface area is 113 Å². The molecule has 3 N–H and O–H groups in total. The molecule has 2 heterocycles. The fraction of sp³-hybridized carbons (Fsp3) is 0.500. The van der Waals surface area contributed by atoms with Crippen LogP contribution in [0.2, 0.25) is 0 Å². The van der Waals surface area contributed by atoms with E-state index in [0.717, 1.165) is 4.90 Å². The highest BCUT2D eigenvalue weighted by Gasteiger charge is 2.35. The van der Waals surface area contributed by atoms with Crippen molar-refractivity contribution in [3.05, 3.63) is 12.2 Å². The zero-order chi connectivity index (χ0) is 14.5. The van der Waals surface area contributed by atoms with Gasteiger partial charge in [-0.05, 0) is 0 Å². The number of urea groups is 1. The minimum atomic E-state index is -1.17. The molecule has 1 saturated heterocycles. The lowest BCUT2D eigenvalue weighted by atomic mass is 10.2. The number of nitrogens with zero attached hydrogens (tertiary/aromatic N) is 3. The third kappa shape index (κ3) is 3.22. The van der Waals surface area contributed by atoms with Crippen LogP contribution in [0.1, 0.15) is 5.82 Å². The fourth-order valence-corrected chi connectivity index (χ4v) is 1.76. The molecule has 1 unspecified atom stereocenters. The monoisotopic (exact) mass is 283 g/mol. The van der Waals surface area contributed by atoms with E-state index in [1.807, 2.05) is 0 Å². The molecule has 10 nitrogen and oxygen atoms in total. The number of aromatic nitrogens is 2. The van der Waals surface area contributed by atoms with Gasteiger partial charge in [-0.3, -0.25) is 9.69 Å². The van der Waals surface area contributed by atoms with Crippen LogP contribution in [0.15, 0.2) is 10.9 Å². The molecule has 0 radical (unpaired) electrons. The molecule has 1 aromatic heterocycles. The number of hydrogen-bond acceptors (Lipinski definition) is 6. The second kappa shape index (κ2) is 5.99. The van der Waals surface area contributed by atoms with Crippen molar-refractivity contribution in [1.82, 2.24) is 25.7 Å². The Bertz CT molecular complexity index is 502. The first kappa shape index (κ1) is 13.8. The predicted octanol–water partition coefficient (Wildman–Crippen LogP) is -1.79. The average Bonchev–Trinajstić information content (AvgIpc) is 2.91. The molecule has 0 aromatic carbocycles. The molecule has 1 fully saturated rings. The summed E-state index contributed by atoms with van der Waals surface area (Å²) in [7, 11) is 0. The molecule has 1 aromatic rings. The molecule has 108 valence electrons. The Hall–Kier alpha value is -2.65. The smallest absolute Gasteiger partial charge is 0.328 e. The number of carboxylic acid groups (broad SMARTS) is 1. The molecule has 1 aliphatic heterocycles. The third-order valence-electron chi connectivity index (χ3n) is 2.76. The van der Waals surface area contributed by atoms with Gasteiger partial charge in [0.05, 0.1) is 0 Å². The predicted molar refractivity (Wildman–Crippen MR) is 62.5 cm³/mol. The van der Waals surface area contributed by atoms with Crippen LogP contribution in [0.25, 0.3) is 0 Å². The number of carbonyl (C=O) groups is 3. The molecule has 3 amide bonds. The van der Waals surface area contributed by atoms with E-state index in [4.69, 9.17) is 5.11 Å². The van der Waals surface area contributed by atoms with Crippen molar-refractivity contribution in [2.45, 2.75) is 12.5 Å². The summed E-state index contributed by atoms with van der Waals surface area (Å²) in [6.07, 6.45) is 1.52. The maximum Gasteiger partial charge on any atom is 0.328 e. The van der Waals surface area contributed by atoms with Gasteiger partial charge in [-0.1, -0.05) is 5.16 Å². The molecule has 0 bridgehead atoms. The first-order valence-corrected chi connectivity index (χ1v) is 5.87. The van der Waals surface area contributed by atoms with Gasteiger partial charge >= 0.3 is 12.0 Å². The number of aliphatic carboxylic acids is 1. The number of piperazine rings is 1. The lowest BCUT2D eigenvalue weighted by Crippen LogP contribution is -2.61. The number of hydrogen-bond donors (Lipinski definition) is 3.